The first-order valence-corrected chi connectivity index (χ1v) is 12.5. The highest BCUT2D eigenvalue weighted by atomic mass is 35.5. The summed E-state index contributed by atoms with van der Waals surface area (Å²) in [5.41, 5.74) is 1.74. The van der Waals surface area contributed by atoms with Crippen molar-refractivity contribution in [3.63, 3.8) is 0 Å². The van der Waals surface area contributed by atoms with Crippen molar-refractivity contribution in [2.45, 2.75) is 31.8 Å². The van der Waals surface area contributed by atoms with E-state index in [0.717, 1.165) is 36.4 Å². The maximum Gasteiger partial charge on any atom is 0.156 e. The van der Waals surface area contributed by atoms with E-state index < -0.39 is 6.10 Å². The lowest BCUT2D eigenvalue weighted by atomic mass is 9.78. The minimum absolute atomic E-state index is 0.247. The molecular formula is C25H32Cl3NO4. The summed E-state index contributed by atoms with van der Waals surface area (Å²) in [5.74, 6) is 1.73. The molecule has 2 aromatic rings. The van der Waals surface area contributed by atoms with E-state index in [1.807, 2.05) is 36.4 Å². The molecule has 182 valence electrons. The van der Waals surface area contributed by atoms with Crippen LogP contribution in [-0.4, -0.2) is 68.1 Å². The molecule has 1 fully saturated rings. The lowest BCUT2D eigenvalue weighted by Gasteiger charge is -2.28. The molecule has 2 aromatic carbocycles. The standard InChI is InChI=1S/C25H32Cl3NO4/c1-25(2,19-14-22(27)24(23(28)15-19)32-11-3-8-26)18-4-6-21(7-5-18)33-17-20(30)16-29-9-12-31-13-10-29/h4-7,14-15,20,30H,3,8-13,16-17H2,1-2H3/t20-/m1/s1. The molecule has 0 bridgehead atoms. The van der Waals surface area contributed by atoms with Crippen LogP contribution in [0.1, 0.15) is 31.4 Å². The Morgan fingerprint density at radius 3 is 2.27 bits per heavy atom. The van der Waals surface area contributed by atoms with Gasteiger partial charge in [0.2, 0.25) is 0 Å². The fourth-order valence-corrected chi connectivity index (χ4v) is 4.45. The first-order valence-electron chi connectivity index (χ1n) is 11.2. The molecule has 0 saturated carbocycles. The number of morpholine rings is 1. The van der Waals surface area contributed by atoms with Crippen molar-refractivity contribution in [1.82, 2.24) is 4.90 Å². The number of hydrogen-bond acceptors (Lipinski definition) is 5. The zero-order valence-corrected chi connectivity index (χ0v) is 21.4. The van der Waals surface area contributed by atoms with Gasteiger partial charge < -0.3 is 19.3 Å². The average Bonchev–Trinajstić information content (AvgIpc) is 2.80. The van der Waals surface area contributed by atoms with Gasteiger partial charge in [-0.25, -0.2) is 0 Å². The molecule has 0 aromatic heterocycles. The second kappa shape index (κ2) is 12.5. The van der Waals surface area contributed by atoms with Crippen molar-refractivity contribution in [1.29, 1.82) is 0 Å². The highest BCUT2D eigenvalue weighted by Gasteiger charge is 2.26. The maximum atomic E-state index is 10.3. The molecule has 1 heterocycles. The summed E-state index contributed by atoms with van der Waals surface area (Å²) in [6.07, 6.45) is 0.175. The van der Waals surface area contributed by atoms with Crippen LogP contribution in [0.15, 0.2) is 36.4 Å². The molecule has 33 heavy (non-hydrogen) atoms. The van der Waals surface area contributed by atoms with Crippen molar-refractivity contribution in [2.24, 2.45) is 0 Å². The molecular weight excluding hydrogens is 485 g/mol. The van der Waals surface area contributed by atoms with Crippen molar-refractivity contribution < 1.29 is 19.3 Å². The smallest absolute Gasteiger partial charge is 0.156 e. The lowest BCUT2D eigenvalue weighted by Crippen LogP contribution is -2.42. The van der Waals surface area contributed by atoms with Crippen LogP contribution in [0, 0.1) is 0 Å². The summed E-state index contributed by atoms with van der Waals surface area (Å²) in [7, 11) is 0. The third kappa shape index (κ3) is 7.38. The number of rotatable bonds is 11. The average molecular weight is 517 g/mol. The van der Waals surface area contributed by atoms with Crippen LogP contribution in [0.3, 0.4) is 0 Å². The quantitative estimate of drug-likeness (QED) is 0.320. The van der Waals surface area contributed by atoms with Gasteiger partial charge in [0, 0.05) is 30.9 Å². The fourth-order valence-electron chi connectivity index (χ4n) is 3.75. The van der Waals surface area contributed by atoms with Crippen LogP contribution in [0.2, 0.25) is 10.0 Å². The molecule has 0 amide bonds. The number of aliphatic hydroxyl groups excluding tert-OH is 1. The van der Waals surface area contributed by atoms with Gasteiger partial charge >= 0.3 is 0 Å². The SMILES string of the molecule is CC(C)(c1ccc(OC[C@H](O)CN2CCOCC2)cc1)c1cc(Cl)c(OCCCCl)c(Cl)c1. The van der Waals surface area contributed by atoms with E-state index in [4.69, 9.17) is 49.0 Å². The maximum absolute atomic E-state index is 10.3. The summed E-state index contributed by atoms with van der Waals surface area (Å²) in [6, 6.07) is 11.7. The van der Waals surface area contributed by atoms with E-state index >= 15 is 0 Å². The molecule has 0 unspecified atom stereocenters. The lowest BCUT2D eigenvalue weighted by molar-refractivity contribution is 0.00465. The summed E-state index contributed by atoms with van der Waals surface area (Å²) < 4.78 is 16.8. The van der Waals surface area contributed by atoms with Gasteiger partial charge in [0.05, 0.1) is 29.9 Å². The second-order valence-corrected chi connectivity index (χ2v) is 9.88. The van der Waals surface area contributed by atoms with Crippen molar-refractivity contribution in [3.8, 4) is 11.5 Å². The molecule has 3 rings (SSSR count). The van der Waals surface area contributed by atoms with Crippen LogP contribution in [-0.2, 0) is 10.2 Å². The van der Waals surface area contributed by atoms with Crippen LogP contribution in [0.5, 0.6) is 11.5 Å². The monoisotopic (exact) mass is 515 g/mol. The Kier molecular flexibility index (Phi) is 9.98. The summed E-state index contributed by atoms with van der Waals surface area (Å²) in [5, 5.41) is 11.3. The van der Waals surface area contributed by atoms with Gasteiger partial charge in [0.1, 0.15) is 18.5 Å². The molecule has 1 aliphatic heterocycles. The van der Waals surface area contributed by atoms with Gasteiger partial charge in [0.15, 0.2) is 5.75 Å². The minimum atomic E-state index is -0.548. The third-order valence-corrected chi connectivity index (χ3v) is 6.66. The zero-order valence-electron chi connectivity index (χ0n) is 19.2. The van der Waals surface area contributed by atoms with Crippen LogP contribution in [0.25, 0.3) is 0 Å². The number of ether oxygens (including phenoxy) is 3. The van der Waals surface area contributed by atoms with Crippen molar-refractivity contribution >= 4 is 34.8 Å². The largest absolute Gasteiger partial charge is 0.491 e. The predicted molar refractivity (Wildman–Crippen MR) is 135 cm³/mol. The molecule has 0 spiro atoms. The Hall–Kier alpha value is -1.21. The number of hydrogen-bond donors (Lipinski definition) is 1. The molecule has 1 N–H and O–H groups in total. The summed E-state index contributed by atoms with van der Waals surface area (Å²) >= 11 is 18.7. The highest BCUT2D eigenvalue weighted by Crippen LogP contribution is 2.40. The summed E-state index contributed by atoms with van der Waals surface area (Å²) in [4.78, 5) is 2.19. The topological polar surface area (TPSA) is 51.2 Å². The molecule has 5 nitrogen and oxygen atoms in total. The second-order valence-electron chi connectivity index (χ2n) is 8.69. The Bertz CT molecular complexity index is 863. The Morgan fingerprint density at radius 2 is 1.67 bits per heavy atom. The van der Waals surface area contributed by atoms with Crippen molar-refractivity contribution in [3.05, 3.63) is 57.6 Å². The first kappa shape index (κ1) is 26.4. The predicted octanol–water partition coefficient (Wildman–Crippen LogP) is 5.40. The van der Waals surface area contributed by atoms with E-state index in [-0.39, 0.29) is 12.0 Å². The third-order valence-electron chi connectivity index (χ3n) is 5.84. The first-order chi connectivity index (χ1) is 15.8. The van der Waals surface area contributed by atoms with Gasteiger partial charge in [0.25, 0.3) is 0 Å². The van der Waals surface area contributed by atoms with E-state index in [1.54, 1.807) is 0 Å². The van der Waals surface area contributed by atoms with Crippen molar-refractivity contribution in [2.75, 3.05) is 51.9 Å². The number of halogens is 3. The molecule has 0 aliphatic carbocycles. The Balaban J connectivity index is 1.61. The molecule has 0 radical (unpaired) electrons. The summed E-state index contributed by atoms with van der Waals surface area (Å²) in [6.45, 7) is 8.64. The number of aliphatic hydroxyl groups is 1. The molecule has 8 heteroatoms. The van der Waals surface area contributed by atoms with E-state index in [9.17, 15) is 5.11 Å². The minimum Gasteiger partial charge on any atom is -0.491 e. The van der Waals surface area contributed by atoms with Gasteiger partial charge in [-0.1, -0.05) is 49.2 Å². The normalized spacial score (nSPS) is 15.9. The zero-order chi connectivity index (χ0) is 23.8. The van der Waals surface area contributed by atoms with E-state index in [0.29, 0.717) is 48.0 Å². The number of nitrogens with zero attached hydrogens (tertiary/aromatic N) is 1. The number of alkyl halides is 1. The van der Waals surface area contributed by atoms with E-state index in [1.165, 1.54) is 0 Å². The van der Waals surface area contributed by atoms with E-state index in [2.05, 4.69) is 18.7 Å². The highest BCUT2D eigenvalue weighted by molar-refractivity contribution is 6.37. The fraction of sp³-hybridized carbons (Fsp3) is 0.520. The Labute approximate surface area is 211 Å². The van der Waals surface area contributed by atoms with Crippen LogP contribution in [0.4, 0.5) is 0 Å². The van der Waals surface area contributed by atoms with Gasteiger partial charge in [-0.2, -0.15) is 0 Å². The molecule has 1 atom stereocenters. The number of β-amino-alcohol motifs (C(OH)–C–C–N with tert-alkyl or cyclic N) is 1. The van der Waals surface area contributed by atoms with Gasteiger partial charge in [-0.05, 0) is 41.8 Å². The van der Waals surface area contributed by atoms with Crippen LogP contribution >= 0.6 is 34.8 Å². The number of benzene rings is 2. The molecule has 1 saturated heterocycles. The van der Waals surface area contributed by atoms with Gasteiger partial charge in [-0.3, -0.25) is 4.90 Å². The van der Waals surface area contributed by atoms with Crippen LogP contribution < -0.4 is 9.47 Å². The molecule has 1 aliphatic rings. The van der Waals surface area contributed by atoms with Gasteiger partial charge in [-0.15, -0.1) is 11.6 Å². The Morgan fingerprint density at radius 1 is 1.03 bits per heavy atom.